The maximum atomic E-state index is 13.2. The summed E-state index contributed by atoms with van der Waals surface area (Å²) in [6, 6.07) is 15.0. The number of rotatable bonds is 7. The van der Waals surface area contributed by atoms with Gasteiger partial charge in [0.05, 0.1) is 26.9 Å². The molecule has 2 amide bonds. The number of carbonyl (C=O) groups is 3. The Labute approximate surface area is 199 Å². The van der Waals surface area contributed by atoms with Crippen molar-refractivity contribution in [3.05, 3.63) is 59.7 Å². The minimum absolute atomic E-state index is 0.188. The van der Waals surface area contributed by atoms with Crippen molar-refractivity contribution in [3.63, 3.8) is 0 Å². The van der Waals surface area contributed by atoms with Crippen molar-refractivity contribution in [3.8, 4) is 23.0 Å². The molecule has 1 heterocycles. The van der Waals surface area contributed by atoms with Gasteiger partial charge in [0.25, 0.3) is 5.91 Å². The average molecular weight is 464 g/mol. The van der Waals surface area contributed by atoms with Crippen LogP contribution in [0.5, 0.6) is 0 Å². The molecule has 0 radical (unpaired) electrons. The molecular formula is C26H29N3O5. The summed E-state index contributed by atoms with van der Waals surface area (Å²) in [4.78, 5) is 39.4. The highest BCUT2D eigenvalue weighted by Gasteiger charge is 2.27. The van der Waals surface area contributed by atoms with E-state index < -0.39 is 23.7 Å². The van der Waals surface area contributed by atoms with Gasteiger partial charge in [0.1, 0.15) is 0 Å². The Bertz CT molecular complexity index is 1050. The molecule has 0 aliphatic carbocycles. The van der Waals surface area contributed by atoms with Gasteiger partial charge in [0.2, 0.25) is 5.91 Å². The smallest absolute Gasteiger partial charge is 0.320 e. The summed E-state index contributed by atoms with van der Waals surface area (Å²) in [7, 11) is 2.62. The molecule has 3 rings (SSSR count). The molecule has 1 saturated heterocycles. The topological polar surface area (TPSA) is 97.0 Å². The van der Waals surface area contributed by atoms with Crippen molar-refractivity contribution in [1.29, 1.82) is 0 Å². The van der Waals surface area contributed by atoms with Gasteiger partial charge < -0.3 is 20.1 Å². The largest absolute Gasteiger partial charge is 0.468 e. The first-order valence-corrected chi connectivity index (χ1v) is 11.1. The van der Waals surface area contributed by atoms with E-state index in [0.29, 0.717) is 30.9 Å². The lowest BCUT2D eigenvalue weighted by Crippen LogP contribution is -2.42. The van der Waals surface area contributed by atoms with Gasteiger partial charge in [-0.15, -0.1) is 0 Å². The van der Waals surface area contributed by atoms with Crippen LogP contribution in [0.3, 0.4) is 0 Å². The number of nitrogens with zero attached hydrogens (tertiary/aromatic N) is 1. The predicted molar refractivity (Wildman–Crippen MR) is 128 cm³/mol. The Morgan fingerprint density at radius 2 is 1.85 bits per heavy atom. The first-order valence-electron chi connectivity index (χ1n) is 11.1. The maximum absolute atomic E-state index is 13.2. The highest BCUT2D eigenvalue weighted by atomic mass is 16.5. The summed E-state index contributed by atoms with van der Waals surface area (Å²) in [6.07, 6.45) is 0. The number of carbonyl (C=O) groups excluding carboxylic acids is 3. The molecule has 2 N–H and O–H groups in total. The standard InChI is InChI=1S/C26H29N3O5/c1-27-24(30)23(26(32)33-2)18-28-25(31)22-17-19(7-6-12-29-13-15-34-16-14-29)10-11-21(22)20-8-4-3-5-9-20/h3-5,8-11,17,23H,12-16,18H2,1-2H3,(H,27,30)(H,28,31). The van der Waals surface area contributed by atoms with Crippen LogP contribution in [-0.4, -0.2) is 76.2 Å². The van der Waals surface area contributed by atoms with E-state index in [1.54, 1.807) is 6.07 Å². The van der Waals surface area contributed by atoms with Crippen molar-refractivity contribution in [2.45, 2.75) is 0 Å². The van der Waals surface area contributed by atoms with Gasteiger partial charge in [0.15, 0.2) is 5.92 Å². The van der Waals surface area contributed by atoms with Gasteiger partial charge in [-0.1, -0.05) is 48.2 Å². The zero-order valence-corrected chi connectivity index (χ0v) is 19.4. The molecule has 8 nitrogen and oxygen atoms in total. The second-order valence-corrected chi connectivity index (χ2v) is 7.72. The van der Waals surface area contributed by atoms with Gasteiger partial charge >= 0.3 is 5.97 Å². The zero-order valence-electron chi connectivity index (χ0n) is 19.4. The molecule has 1 unspecified atom stereocenters. The summed E-state index contributed by atoms with van der Waals surface area (Å²) in [5, 5.41) is 5.12. The van der Waals surface area contributed by atoms with E-state index in [-0.39, 0.29) is 6.54 Å². The minimum Gasteiger partial charge on any atom is -0.468 e. The lowest BCUT2D eigenvalue weighted by molar-refractivity contribution is -0.149. The van der Waals surface area contributed by atoms with Crippen LogP contribution in [-0.2, 0) is 19.1 Å². The third-order valence-electron chi connectivity index (χ3n) is 5.50. The van der Waals surface area contributed by atoms with Crippen LogP contribution in [0.25, 0.3) is 11.1 Å². The fraction of sp³-hybridized carbons (Fsp3) is 0.346. The molecule has 1 fully saturated rings. The Morgan fingerprint density at radius 1 is 1.12 bits per heavy atom. The maximum Gasteiger partial charge on any atom is 0.320 e. The lowest BCUT2D eigenvalue weighted by atomic mass is 9.96. The Balaban J connectivity index is 1.83. The van der Waals surface area contributed by atoms with Gasteiger partial charge in [-0.2, -0.15) is 0 Å². The van der Waals surface area contributed by atoms with Gasteiger partial charge in [0, 0.05) is 37.8 Å². The Kier molecular flexibility index (Phi) is 9.21. The van der Waals surface area contributed by atoms with E-state index in [1.807, 2.05) is 42.5 Å². The molecule has 1 aliphatic heterocycles. The third kappa shape index (κ3) is 6.67. The van der Waals surface area contributed by atoms with Gasteiger partial charge in [-0.05, 0) is 23.3 Å². The van der Waals surface area contributed by atoms with Crippen molar-refractivity contribution < 1.29 is 23.9 Å². The molecule has 178 valence electrons. The molecule has 1 atom stereocenters. The van der Waals surface area contributed by atoms with E-state index in [0.717, 1.165) is 24.2 Å². The highest BCUT2D eigenvalue weighted by molar-refractivity contribution is 6.03. The van der Waals surface area contributed by atoms with Crippen molar-refractivity contribution in [2.24, 2.45) is 5.92 Å². The third-order valence-corrected chi connectivity index (χ3v) is 5.50. The number of nitrogens with one attached hydrogen (secondary N) is 2. The SMILES string of the molecule is CNC(=O)C(CNC(=O)c1cc(C#CCN2CCOCC2)ccc1-c1ccccc1)C(=O)OC. The number of hydrogen-bond acceptors (Lipinski definition) is 6. The van der Waals surface area contributed by atoms with Crippen molar-refractivity contribution in [1.82, 2.24) is 15.5 Å². The van der Waals surface area contributed by atoms with E-state index in [2.05, 4.69) is 27.4 Å². The molecule has 2 aromatic carbocycles. The fourth-order valence-corrected chi connectivity index (χ4v) is 3.58. The molecule has 34 heavy (non-hydrogen) atoms. The summed E-state index contributed by atoms with van der Waals surface area (Å²) in [5.41, 5.74) is 2.71. The lowest BCUT2D eigenvalue weighted by Gasteiger charge is -2.24. The monoisotopic (exact) mass is 463 g/mol. The van der Waals surface area contributed by atoms with Crippen LogP contribution in [0.1, 0.15) is 15.9 Å². The second kappa shape index (κ2) is 12.5. The number of esters is 1. The normalized spacial score (nSPS) is 14.3. The number of hydrogen-bond donors (Lipinski definition) is 2. The van der Waals surface area contributed by atoms with E-state index >= 15 is 0 Å². The quantitative estimate of drug-likeness (QED) is 0.365. The molecule has 0 aromatic heterocycles. The second-order valence-electron chi connectivity index (χ2n) is 7.72. The predicted octanol–water partition coefficient (Wildman–Crippen LogP) is 1.30. The summed E-state index contributed by atoms with van der Waals surface area (Å²) < 4.78 is 10.1. The molecule has 1 aliphatic rings. The van der Waals surface area contributed by atoms with E-state index in [1.165, 1.54) is 14.2 Å². The number of ether oxygens (including phenoxy) is 2. The summed E-state index contributed by atoms with van der Waals surface area (Å²) >= 11 is 0. The van der Waals surface area contributed by atoms with Gasteiger partial charge in [-0.25, -0.2) is 0 Å². The van der Waals surface area contributed by atoms with Gasteiger partial charge in [-0.3, -0.25) is 19.3 Å². The zero-order chi connectivity index (χ0) is 24.3. The van der Waals surface area contributed by atoms with Crippen LogP contribution in [0.4, 0.5) is 0 Å². The van der Waals surface area contributed by atoms with Crippen LogP contribution < -0.4 is 10.6 Å². The van der Waals surface area contributed by atoms with E-state index in [4.69, 9.17) is 9.47 Å². The van der Waals surface area contributed by atoms with Crippen LogP contribution in [0.15, 0.2) is 48.5 Å². The van der Waals surface area contributed by atoms with Crippen LogP contribution >= 0.6 is 0 Å². The Morgan fingerprint density at radius 3 is 2.53 bits per heavy atom. The number of benzene rings is 2. The highest BCUT2D eigenvalue weighted by Crippen LogP contribution is 2.25. The fourth-order valence-electron chi connectivity index (χ4n) is 3.58. The molecule has 0 bridgehead atoms. The molecule has 8 heteroatoms. The van der Waals surface area contributed by atoms with E-state index in [9.17, 15) is 14.4 Å². The average Bonchev–Trinajstić information content (AvgIpc) is 2.89. The number of morpholine rings is 1. The number of methoxy groups -OCH3 is 1. The summed E-state index contributed by atoms with van der Waals surface area (Å²) in [5.74, 6) is 3.50. The molecule has 2 aromatic rings. The minimum atomic E-state index is -1.14. The van der Waals surface area contributed by atoms with Crippen LogP contribution in [0, 0.1) is 17.8 Å². The van der Waals surface area contributed by atoms with Crippen LogP contribution in [0.2, 0.25) is 0 Å². The van der Waals surface area contributed by atoms with Crippen molar-refractivity contribution in [2.75, 3.05) is 53.6 Å². The van der Waals surface area contributed by atoms with Crippen molar-refractivity contribution >= 4 is 17.8 Å². The summed E-state index contributed by atoms with van der Waals surface area (Å²) in [6.45, 7) is 3.55. The first-order chi connectivity index (χ1) is 16.5. The molecular weight excluding hydrogens is 434 g/mol. The first kappa shape index (κ1) is 25.0. The number of amides is 2. The molecule has 0 saturated carbocycles. The molecule has 0 spiro atoms. The Hall–Kier alpha value is -3.67.